The molecule has 0 fully saturated rings. The van der Waals surface area contributed by atoms with E-state index >= 15 is 0 Å². The van der Waals surface area contributed by atoms with Gasteiger partial charge in [-0.15, -0.1) is 0 Å². The Morgan fingerprint density at radius 1 is 0.909 bits per heavy atom. The van der Waals surface area contributed by atoms with Crippen molar-refractivity contribution in [3.8, 4) is 0 Å². The largest absolute Gasteiger partial charge is 0.744 e. The second kappa shape index (κ2) is 13.8. The van der Waals surface area contributed by atoms with Crippen LogP contribution in [0.1, 0.15) is 18.5 Å². The monoisotopic (exact) mass is 510 g/mol. The predicted octanol–water partition coefficient (Wildman–Crippen LogP) is 4.23. The SMILES string of the molecule is CS(C)=O.C[C@@H]([NH3+])c1ccc(Cl)cc1.Nc1ccc(N=Nc2ccc(S(=O)(=O)[O-])cc2)cc1. The summed E-state index contributed by atoms with van der Waals surface area (Å²) in [5.41, 5.74) is 12.4. The minimum absolute atomic E-state index is 0.293. The van der Waals surface area contributed by atoms with Crippen molar-refractivity contribution in [3.63, 3.8) is 0 Å². The van der Waals surface area contributed by atoms with Crippen LogP contribution in [-0.2, 0) is 20.9 Å². The van der Waals surface area contributed by atoms with Crippen molar-refractivity contribution >= 4 is 49.6 Å². The number of hydrogen-bond donors (Lipinski definition) is 2. The Bertz CT molecular complexity index is 1150. The summed E-state index contributed by atoms with van der Waals surface area (Å²) in [4.78, 5) is -0.293. The van der Waals surface area contributed by atoms with Crippen LogP contribution in [0.25, 0.3) is 0 Å². The first-order chi connectivity index (χ1) is 15.4. The molecule has 3 rings (SSSR count). The van der Waals surface area contributed by atoms with Gasteiger partial charge in [0.1, 0.15) is 16.2 Å². The molecule has 178 valence electrons. The van der Waals surface area contributed by atoms with Gasteiger partial charge < -0.3 is 16.0 Å². The normalized spacial score (nSPS) is 11.8. The summed E-state index contributed by atoms with van der Waals surface area (Å²) in [6.07, 6.45) is 3.28. The maximum atomic E-state index is 10.7. The molecule has 1 atom stereocenters. The lowest BCUT2D eigenvalue weighted by Gasteiger charge is -2.05. The highest BCUT2D eigenvalue weighted by Gasteiger charge is 2.01. The van der Waals surface area contributed by atoms with Gasteiger partial charge in [0.15, 0.2) is 0 Å². The molecular formula is C22H27ClN4O4S2. The average molecular weight is 511 g/mol. The first-order valence-corrected chi connectivity index (χ1v) is 13.3. The Labute approximate surface area is 201 Å². The number of halogens is 1. The first kappa shape index (κ1) is 28.4. The molecule has 5 N–H and O–H groups in total. The minimum atomic E-state index is -4.43. The minimum Gasteiger partial charge on any atom is -0.744 e. The molecule has 0 saturated carbocycles. The molecule has 8 nitrogen and oxygen atoms in total. The third-order valence-corrected chi connectivity index (χ3v) is 4.84. The summed E-state index contributed by atoms with van der Waals surface area (Å²) >= 11 is 5.70. The molecular weight excluding hydrogens is 484 g/mol. The maximum Gasteiger partial charge on any atom is 0.124 e. The number of nitrogen functional groups attached to an aromatic ring is 1. The van der Waals surface area contributed by atoms with Crippen molar-refractivity contribution in [1.82, 2.24) is 0 Å². The predicted molar refractivity (Wildman–Crippen MR) is 132 cm³/mol. The molecule has 33 heavy (non-hydrogen) atoms. The van der Waals surface area contributed by atoms with E-state index in [1.165, 1.54) is 29.8 Å². The van der Waals surface area contributed by atoms with Gasteiger partial charge in [-0.2, -0.15) is 10.2 Å². The molecule has 0 amide bonds. The standard InChI is InChI=1S/C12H11N3O3S.C8H10ClN.C2H6OS/c13-9-1-3-10(4-2-9)14-15-11-5-7-12(8-6-11)19(16,17)18;1-6(10)7-2-4-8(9)5-3-7;1-4(2)3/h1-8H,13H2,(H,16,17,18);2-6H,10H2,1H3;1-2H3/t;6-;/m.1./s1. The van der Waals surface area contributed by atoms with E-state index in [1.807, 2.05) is 24.3 Å². The molecule has 0 aromatic heterocycles. The molecule has 0 bridgehead atoms. The van der Waals surface area contributed by atoms with Gasteiger partial charge in [-0.05, 0) is 67.6 Å². The lowest BCUT2D eigenvalue weighted by molar-refractivity contribution is -0.420. The zero-order valence-corrected chi connectivity index (χ0v) is 20.9. The van der Waals surface area contributed by atoms with Gasteiger partial charge in [0.2, 0.25) is 0 Å². The van der Waals surface area contributed by atoms with Crippen LogP contribution in [0.3, 0.4) is 0 Å². The molecule has 0 radical (unpaired) electrons. The molecule has 0 unspecified atom stereocenters. The van der Waals surface area contributed by atoms with Crippen molar-refractivity contribution in [1.29, 1.82) is 0 Å². The van der Waals surface area contributed by atoms with Crippen LogP contribution in [0, 0.1) is 0 Å². The van der Waals surface area contributed by atoms with Gasteiger partial charge in [0, 0.05) is 39.6 Å². The molecule has 3 aromatic carbocycles. The van der Waals surface area contributed by atoms with Crippen LogP contribution in [0.15, 0.2) is 87.9 Å². The number of anilines is 1. The molecule has 0 spiro atoms. The third-order valence-electron chi connectivity index (χ3n) is 3.74. The lowest BCUT2D eigenvalue weighted by atomic mass is 10.1. The van der Waals surface area contributed by atoms with Gasteiger partial charge in [0.25, 0.3) is 0 Å². The summed E-state index contributed by atoms with van der Waals surface area (Å²) in [5.74, 6) is 0. The Hall–Kier alpha value is -2.63. The molecule has 0 aliphatic heterocycles. The van der Waals surface area contributed by atoms with E-state index in [0.717, 1.165) is 5.02 Å². The Morgan fingerprint density at radius 2 is 1.30 bits per heavy atom. The summed E-state index contributed by atoms with van der Waals surface area (Å²) < 4.78 is 41.8. The van der Waals surface area contributed by atoms with Crippen LogP contribution in [0.2, 0.25) is 5.02 Å². The fraction of sp³-hybridized carbons (Fsp3) is 0.182. The second-order valence-electron chi connectivity index (χ2n) is 6.93. The molecule has 11 heteroatoms. The molecule has 3 aromatic rings. The average Bonchev–Trinajstić information content (AvgIpc) is 2.73. The zero-order chi connectivity index (χ0) is 25.0. The number of nitrogens with two attached hydrogens (primary N) is 1. The van der Waals surface area contributed by atoms with Gasteiger partial charge >= 0.3 is 0 Å². The van der Waals surface area contributed by atoms with Gasteiger partial charge in [-0.3, -0.25) is 4.21 Å². The Kier molecular flexibility index (Phi) is 11.9. The van der Waals surface area contributed by atoms with Gasteiger partial charge in [0.05, 0.1) is 16.3 Å². The Morgan fingerprint density at radius 3 is 1.67 bits per heavy atom. The number of benzene rings is 3. The van der Waals surface area contributed by atoms with E-state index in [0.29, 0.717) is 23.1 Å². The van der Waals surface area contributed by atoms with E-state index in [-0.39, 0.29) is 4.90 Å². The molecule has 0 saturated heterocycles. The summed E-state index contributed by atoms with van der Waals surface area (Å²) in [7, 11) is -5.04. The van der Waals surface area contributed by atoms with Crippen LogP contribution in [0.4, 0.5) is 17.1 Å². The van der Waals surface area contributed by atoms with Crippen molar-refractivity contribution in [2.75, 3.05) is 18.2 Å². The second-order valence-corrected chi connectivity index (χ2v) is 10.2. The molecule has 0 aliphatic rings. The van der Waals surface area contributed by atoms with Crippen molar-refractivity contribution in [2.24, 2.45) is 10.2 Å². The van der Waals surface area contributed by atoms with Crippen LogP contribution in [0.5, 0.6) is 0 Å². The number of quaternary nitrogens is 1. The van der Waals surface area contributed by atoms with Crippen LogP contribution >= 0.6 is 11.6 Å². The summed E-state index contributed by atoms with van der Waals surface area (Å²) in [6, 6.07) is 20.1. The van der Waals surface area contributed by atoms with Crippen molar-refractivity contribution in [3.05, 3.63) is 83.4 Å². The Balaban J connectivity index is 0.000000325. The van der Waals surface area contributed by atoms with E-state index in [2.05, 4.69) is 22.9 Å². The number of hydrogen-bond acceptors (Lipinski definition) is 7. The quantitative estimate of drug-likeness (QED) is 0.305. The summed E-state index contributed by atoms with van der Waals surface area (Å²) in [6.45, 7) is 2.06. The van der Waals surface area contributed by atoms with Gasteiger partial charge in [-0.1, -0.05) is 23.7 Å². The molecule has 0 aliphatic carbocycles. The first-order valence-electron chi connectivity index (χ1n) is 9.55. The highest BCUT2D eigenvalue weighted by Crippen LogP contribution is 2.20. The number of nitrogens with zero attached hydrogens (tertiary/aromatic N) is 2. The molecule has 0 heterocycles. The van der Waals surface area contributed by atoms with Crippen LogP contribution < -0.4 is 11.5 Å². The number of rotatable bonds is 4. The summed E-state index contributed by atoms with van der Waals surface area (Å²) in [5, 5.41) is 8.65. The van der Waals surface area contributed by atoms with E-state index in [1.54, 1.807) is 36.8 Å². The number of azo groups is 1. The highest BCUT2D eigenvalue weighted by molar-refractivity contribution is 7.85. The van der Waals surface area contributed by atoms with Gasteiger partial charge in [-0.25, -0.2) is 8.42 Å². The van der Waals surface area contributed by atoms with Crippen molar-refractivity contribution in [2.45, 2.75) is 17.9 Å². The lowest BCUT2D eigenvalue weighted by Crippen LogP contribution is -2.51. The van der Waals surface area contributed by atoms with E-state index in [4.69, 9.17) is 17.3 Å². The fourth-order valence-electron chi connectivity index (χ4n) is 2.13. The smallest absolute Gasteiger partial charge is 0.124 e. The topological polar surface area (TPSA) is 153 Å². The van der Waals surface area contributed by atoms with E-state index < -0.39 is 20.9 Å². The van der Waals surface area contributed by atoms with Crippen molar-refractivity contribution < 1.29 is 22.9 Å². The maximum absolute atomic E-state index is 10.7. The zero-order valence-electron chi connectivity index (χ0n) is 18.5. The third kappa shape index (κ3) is 12.3. The highest BCUT2D eigenvalue weighted by atomic mass is 35.5. The van der Waals surface area contributed by atoms with E-state index in [9.17, 15) is 17.2 Å². The fourth-order valence-corrected chi connectivity index (χ4v) is 2.72. The van der Waals surface area contributed by atoms with Crippen LogP contribution in [-0.4, -0.2) is 29.7 Å².